The maximum Gasteiger partial charge on any atom is -0.000729 e. The molecule has 0 saturated heterocycles. The van der Waals surface area contributed by atoms with E-state index < -0.39 is 0 Å². The topological polar surface area (TPSA) is 0 Å². The van der Waals surface area contributed by atoms with Crippen LogP contribution in [-0.2, 0) is 6.42 Å². The lowest BCUT2D eigenvalue weighted by Crippen LogP contribution is -1.89. The van der Waals surface area contributed by atoms with E-state index in [1.54, 1.807) is 0 Å². The SMILES string of the molecule is C=C(/C=C\C=C/C)c1cccc2c1Cc1ccccc1-2.CCCP. The van der Waals surface area contributed by atoms with Gasteiger partial charge in [-0.2, -0.15) is 0 Å². The van der Waals surface area contributed by atoms with Gasteiger partial charge in [-0.25, -0.2) is 0 Å². The van der Waals surface area contributed by atoms with Crippen molar-refractivity contribution in [2.75, 3.05) is 6.16 Å². The third kappa shape index (κ3) is 4.34. The Labute approximate surface area is 149 Å². The van der Waals surface area contributed by atoms with E-state index in [4.69, 9.17) is 0 Å². The fourth-order valence-corrected chi connectivity index (χ4v) is 2.83. The Bertz CT molecular complexity index is 748. The highest BCUT2D eigenvalue weighted by Crippen LogP contribution is 2.39. The summed E-state index contributed by atoms with van der Waals surface area (Å²) >= 11 is 0. The molecule has 0 N–H and O–H groups in total. The van der Waals surface area contributed by atoms with Gasteiger partial charge >= 0.3 is 0 Å². The summed E-state index contributed by atoms with van der Waals surface area (Å²) in [6.07, 6.45) is 11.7. The summed E-state index contributed by atoms with van der Waals surface area (Å²) in [6.45, 7) is 8.39. The van der Waals surface area contributed by atoms with Gasteiger partial charge in [0.1, 0.15) is 0 Å². The summed E-state index contributed by atoms with van der Waals surface area (Å²) in [4.78, 5) is 0. The van der Waals surface area contributed by atoms with Crippen LogP contribution in [-0.4, -0.2) is 6.16 Å². The lowest BCUT2D eigenvalue weighted by Gasteiger charge is -2.08. The van der Waals surface area contributed by atoms with Crippen molar-refractivity contribution >= 4 is 14.8 Å². The average Bonchev–Trinajstić information content (AvgIpc) is 3.00. The van der Waals surface area contributed by atoms with E-state index in [0.29, 0.717) is 0 Å². The molecule has 0 nitrogen and oxygen atoms in total. The molecule has 0 heterocycles. The van der Waals surface area contributed by atoms with Crippen LogP contribution in [0, 0.1) is 0 Å². The summed E-state index contributed by atoms with van der Waals surface area (Å²) in [7, 11) is 2.66. The van der Waals surface area contributed by atoms with Gasteiger partial charge in [-0.3, -0.25) is 0 Å². The largest absolute Gasteiger partial charge is 0.138 e. The molecule has 3 rings (SSSR count). The minimum Gasteiger partial charge on any atom is -0.138 e. The Hall–Kier alpha value is -1.91. The van der Waals surface area contributed by atoms with Gasteiger partial charge in [0.15, 0.2) is 0 Å². The first-order chi connectivity index (χ1) is 11.7. The number of allylic oxidation sites excluding steroid dienone is 5. The third-order valence-corrected chi connectivity index (χ3v) is 4.66. The van der Waals surface area contributed by atoms with E-state index in [1.165, 1.54) is 40.4 Å². The van der Waals surface area contributed by atoms with Crippen LogP contribution in [0.3, 0.4) is 0 Å². The minimum absolute atomic E-state index is 1.01. The Morgan fingerprint density at radius 1 is 1.08 bits per heavy atom. The normalized spacial score (nSPS) is 12.0. The smallest absolute Gasteiger partial charge is 0.000729 e. The lowest BCUT2D eigenvalue weighted by atomic mass is 9.96. The maximum atomic E-state index is 4.22. The van der Waals surface area contributed by atoms with Gasteiger partial charge in [-0.15, -0.1) is 9.24 Å². The Balaban J connectivity index is 0.000000471. The molecule has 1 aliphatic rings. The molecule has 1 heteroatoms. The number of hydrogen-bond donors (Lipinski definition) is 0. The van der Waals surface area contributed by atoms with E-state index in [1.807, 2.05) is 25.2 Å². The van der Waals surface area contributed by atoms with Gasteiger partial charge in [0.25, 0.3) is 0 Å². The molecular weight excluding hydrogens is 307 g/mol. The third-order valence-electron chi connectivity index (χ3n) is 4.09. The van der Waals surface area contributed by atoms with Crippen molar-refractivity contribution in [3.8, 4) is 11.1 Å². The molecule has 0 fully saturated rings. The summed E-state index contributed by atoms with van der Waals surface area (Å²) in [5.74, 6) is 0. The zero-order valence-electron chi connectivity index (χ0n) is 14.8. The molecule has 0 bridgehead atoms. The van der Waals surface area contributed by atoms with E-state index in [2.05, 4.69) is 71.3 Å². The highest BCUT2D eigenvalue weighted by atomic mass is 31.0. The van der Waals surface area contributed by atoms with Crippen molar-refractivity contribution < 1.29 is 0 Å². The van der Waals surface area contributed by atoms with Gasteiger partial charge in [0.2, 0.25) is 0 Å². The van der Waals surface area contributed by atoms with E-state index in [-0.39, 0.29) is 0 Å². The molecule has 1 atom stereocenters. The van der Waals surface area contributed by atoms with Crippen LogP contribution < -0.4 is 0 Å². The highest BCUT2D eigenvalue weighted by Gasteiger charge is 2.20. The van der Waals surface area contributed by atoms with Crippen LogP contribution in [0.2, 0.25) is 0 Å². The van der Waals surface area contributed by atoms with Crippen molar-refractivity contribution in [1.29, 1.82) is 0 Å². The summed E-state index contributed by atoms with van der Waals surface area (Å²) in [6, 6.07) is 15.2. The Morgan fingerprint density at radius 3 is 2.50 bits per heavy atom. The highest BCUT2D eigenvalue weighted by molar-refractivity contribution is 7.16. The molecule has 124 valence electrons. The molecular formula is C23H27P. The molecule has 0 amide bonds. The van der Waals surface area contributed by atoms with Gasteiger partial charge < -0.3 is 0 Å². The molecule has 24 heavy (non-hydrogen) atoms. The minimum atomic E-state index is 1.01. The van der Waals surface area contributed by atoms with Crippen molar-refractivity contribution in [3.05, 3.63) is 90.0 Å². The zero-order valence-corrected chi connectivity index (χ0v) is 15.9. The monoisotopic (exact) mass is 334 g/mol. The average molecular weight is 334 g/mol. The number of rotatable bonds is 4. The van der Waals surface area contributed by atoms with Gasteiger partial charge in [0.05, 0.1) is 0 Å². The van der Waals surface area contributed by atoms with E-state index in [9.17, 15) is 0 Å². The van der Waals surface area contributed by atoms with Gasteiger partial charge in [-0.05, 0) is 52.9 Å². The predicted octanol–water partition coefficient (Wildman–Crippen LogP) is 6.67. The van der Waals surface area contributed by atoms with Crippen LogP contribution in [0.25, 0.3) is 16.7 Å². The summed E-state index contributed by atoms with van der Waals surface area (Å²) in [5.41, 5.74) is 7.89. The van der Waals surface area contributed by atoms with Crippen molar-refractivity contribution in [1.82, 2.24) is 0 Å². The summed E-state index contributed by atoms with van der Waals surface area (Å²) in [5, 5.41) is 0. The molecule has 1 aliphatic carbocycles. The van der Waals surface area contributed by atoms with E-state index in [0.717, 1.165) is 12.0 Å². The lowest BCUT2D eigenvalue weighted by molar-refractivity contribution is 1.11. The van der Waals surface area contributed by atoms with Crippen molar-refractivity contribution in [3.63, 3.8) is 0 Å². The molecule has 2 aromatic carbocycles. The Morgan fingerprint density at radius 2 is 1.79 bits per heavy atom. The van der Waals surface area contributed by atoms with Gasteiger partial charge in [-0.1, -0.05) is 86.7 Å². The fourth-order valence-electron chi connectivity index (χ4n) is 2.83. The fraction of sp³-hybridized carbons (Fsp3) is 0.217. The number of hydrogen-bond acceptors (Lipinski definition) is 0. The van der Waals surface area contributed by atoms with Crippen LogP contribution in [0.5, 0.6) is 0 Å². The maximum absolute atomic E-state index is 4.22. The number of benzene rings is 2. The zero-order chi connectivity index (χ0) is 17.4. The number of fused-ring (bicyclic) bond motifs is 3. The van der Waals surface area contributed by atoms with Gasteiger partial charge in [0, 0.05) is 0 Å². The molecule has 0 spiro atoms. The first-order valence-corrected chi connectivity index (χ1v) is 9.43. The van der Waals surface area contributed by atoms with Crippen LogP contribution >= 0.6 is 9.24 Å². The van der Waals surface area contributed by atoms with Crippen LogP contribution in [0.15, 0.2) is 73.3 Å². The quantitative estimate of drug-likeness (QED) is 0.369. The standard InChI is InChI=1S/C20H18.C3H9P/c1-3-4-5-9-15(2)17-12-8-13-19-18-11-7-6-10-16(18)14-20(17)19;1-2-3-4/h3-13H,2,14H2,1H3;2-4H2,1H3/b4-3-,9-5-;. The van der Waals surface area contributed by atoms with Crippen molar-refractivity contribution in [2.45, 2.75) is 26.7 Å². The predicted molar refractivity (Wildman–Crippen MR) is 113 cm³/mol. The Kier molecular flexibility index (Phi) is 7.22. The second-order valence-electron chi connectivity index (χ2n) is 5.86. The molecule has 1 unspecified atom stereocenters. The van der Waals surface area contributed by atoms with E-state index >= 15 is 0 Å². The first kappa shape index (κ1) is 18.4. The molecule has 0 saturated carbocycles. The first-order valence-electron chi connectivity index (χ1n) is 8.61. The summed E-state index contributed by atoms with van der Waals surface area (Å²) < 4.78 is 0. The molecule has 0 radical (unpaired) electrons. The molecule has 0 aliphatic heterocycles. The molecule has 2 aromatic rings. The van der Waals surface area contributed by atoms with Crippen LogP contribution in [0.1, 0.15) is 37.0 Å². The van der Waals surface area contributed by atoms with Crippen molar-refractivity contribution in [2.24, 2.45) is 0 Å². The second-order valence-corrected chi connectivity index (χ2v) is 6.44. The van der Waals surface area contributed by atoms with Crippen LogP contribution in [0.4, 0.5) is 0 Å². The second kappa shape index (κ2) is 9.40. The molecule has 0 aromatic heterocycles.